The van der Waals surface area contributed by atoms with E-state index in [1.165, 1.54) is 19.8 Å². The number of anilines is 2. The number of nitrogens with one attached hydrogen (secondary N) is 1. The third kappa shape index (κ3) is 3.32. The second kappa shape index (κ2) is 7.78. The summed E-state index contributed by atoms with van der Waals surface area (Å²) in [6, 6.07) is 7.26. The van der Waals surface area contributed by atoms with Gasteiger partial charge in [-0.25, -0.2) is 15.0 Å². The van der Waals surface area contributed by atoms with E-state index < -0.39 is 24.5 Å². The average molecular weight is 387 g/mol. The molecule has 3 heterocycles. The van der Waals surface area contributed by atoms with E-state index in [0.717, 1.165) is 11.3 Å². The zero-order chi connectivity index (χ0) is 19.7. The summed E-state index contributed by atoms with van der Waals surface area (Å²) in [5, 5.41) is 32.9. The van der Waals surface area contributed by atoms with Crippen molar-refractivity contribution in [3.05, 3.63) is 42.5 Å². The number of rotatable bonds is 6. The van der Waals surface area contributed by atoms with Crippen LogP contribution >= 0.6 is 0 Å². The fourth-order valence-corrected chi connectivity index (χ4v) is 3.22. The van der Waals surface area contributed by atoms with Crippen molar-refractivity contribution < 1.29 is 24.8 Å². The number of methoxy groups -OCH3 is 1. The molecule has 28 heavy (non-hydrogen) atoms. The molecule has 3 aromatic rings. The van der Waals surface area contributed by atoms with Gasteiger partial charge in [0.05, 0.1) is 19.5 Å². The van der Waals surface area contributed by atoms with Gasteiger partial charge in [0.25, 0.3) is 0 Å². The minimum Gasteiger partial charge on any atom is -0.392 e. The lowest BCUT2D eigenvalue weighted by atomic mass is 10.1. The van der Waals surface area contributed by atoms with E-state index in [0.29, 0.717) is 17.0 Å². The average Bonchev–Trinajstić information content (AvgIpc) is 3.26. The molecule has 4 N–H and O–H groups in total. The largest absolute Gasteiger partial charge is 0.392 e. The second-order valence-electron chi connectivity index (χ2n) is 6.53. The highest BCUT2D eigenvalue weighted by Gasteiger charge is 2.44. The van der Waals surface area contributed by atoms with Crippen molar-refractivity contribution in [1.29, 1.82) is 0 Å². The molecule has 1 fully saturated rings. The molecule has 0 spiro atoms. The first-order valence-electron chi connectivity index (χ1n) is 8.77. The van der Waals surface area contributed by atoms with Gasteiger partial charge in [-0.05, 0) is 17.7 Å². The van der Waals surface area contributed by atoms with Crippen LogP contribution in [-0.4, -0.2) is 66.9 Å². The van der Waals surface area contributed by atoms with Gasteiger partial charge < -0.3 is 30.1 Å². The molecule has 0 bridgehead atoms. The molecule has 0 saturated carbocycles. The Morgan fingerprint density at radius 1 is 1.14 bits per heavy atom. The van der Waals surface area contributed by atoms with Gasteiger partial charge in [-0.3, -0.25) is 4.57 Å². The Bertz CT molecular complexity index is 947. The maximum Gasteiger partial charge on any atom is 0.167 e. The van der Waals surface area contributed by atoms with E-state index in [2.05, 4.69) is 20.3 Å². The van der Waals surface area contributed by atoms with E-state index in [4.69, 9.17) is 14.6 Å². The monoisotopic (exact) mass is 387 g/mol. The Morgan fingerprint density at radius 3 is 2.64 bits per heavy atom. The number of imidazole rings is 1. The van der Waals surface area contributed by atoms with Crippen LogP contribution in [0.1, 0.15) is 11.8 Å². The van der Waals surface area contributed by atoms with Gasteiger partial charge in [-0.2, -0.15) is 0 Å². The van der Waals surface area contributed by atoms with Gasteiger partial charge in [0.15, 0.2) is 23.2 Å². The number of benzene rings is 1. The smallest absolute Gasteiger partial charge is 0.167 e. The van der Waals surface area contributed by atoms with Crippen LogP contribution in [0.4, 0.5) is 11.5 Å². The third-order valence-electron chi connectivity index (χ3n) is 4.70. The topological polar surface area (TPSA) is 135 Å². The van der Waals surface area contributed by atoms with Gasteiger partial charge in [0, 0.05) is 12.8 Å². The summed E-state index contributed by atoms with van der Waals surface area (Å²) in [6.45, 7) is 0.134. The zero-order valence-corrected chi connectivity index (χ0v) is 15.1. The third-order valence-corrected chi connectivity index (χ3v) is 4.70. The quantitative estimate of drug-likeness (QED) is 0.472. The molecule has 1 saturated heterocycles. The number of hydrogen-bond acceptors (Lipinski definition) is 9. The Hall–Kier alpha value is -2.63. The zero-order valence-electron chi connectivity index (χ0n) is 15.1. The van der Waals surface area contributed by atoms with Crippen LogP contribution in [-0.2, 0) is 16.1 Å². The molecule has 4 rings (SSSR count). The highest BCUT2D eigenvalue weighted by molar-refractivity contribution is 5.85. The number of ether oxygens (including phenoxy) is 2. The van der Waals surface area contributed by atoms with Crippen molar-refractivity contribution in [3.63, 3.8) is 0 Å². The Balaban J connectivity index is 1.63. The maximum absolute atomic E-state index is 10.4. The molecule has 10 nitrogen and oxygen atoms in total. The molecule has 1 aliphatic rings. The van der Waals surface area contributed by atoms with Crippen LogP contribution in [0.3, 0.4) is 0 Å². The summed E-state index contributed by atoms with van der Waals surface area (Å²) in [5.74, 6) is 0.488. The lowest BCUT2D eigenvalue weighted by Crippen LogP contribution is -2.33. The minimum absolute atomic E-state index is 0.0257. The molecular formula is C18H21N5O5. The van der Waals surface area contributed by atoms with Crippen LogP contribution in [0.5, 0.6) is 0 Å². The summed E-state index contributed by atoms with van der Waals surface area (Å²) in [5.41, 5.74) is 2.53. The van der Waals surface area contributed by atoms with Gasteiger partial charge in [-0.1, -0.05) is 12.1 Å². The SMILES string of the molecule is COC[C@H]1O[C@@H](n2cnc3c(Nc4ccc(CO)cc4)ncnc32)C(O)C1O. The summed E-state index contributed by atoms with van der Waals surface area (Å²) < 4.78 is 12.4. The van der Waals surface area contributed by atoms with Crippen LogP contribution in [0, 0.1) is 0 Å². The first kappa shape index (κ1) is 18.7. The fourth-order valence-electron chi connectivity index (χ4n) is 3.22. The van der Waals surface area contributed by atoms with E-state index in [9.17, 15) is 10.2 Å². The molecule has 4 atom stereocenters. The first-order valence-corrected chi connectivity index (χ1v) is 8.77. The first-order chi connectivity index (χ1) is 13.6. The van der Waals surface area contributed by atoms with Crippen LogP contribution < -0.4 is 5.32 Å². The van der Waals surface area contributed by atoms with E-state index in [-0.39, 0.29) is 13.2 Å². The van der Waals surface area contributed by atoms with Crippen molar-refractivity contribution in [3.8, 4) is 0 Å². The molecule has 2 unspecified atom stereocenters. The molecule has 0 amide bonds. The highest BCUT2D eigenvalue weighted by Crippen LogP contribution is 2.32. The Kier molecular flexibility index (Phi) is 5.20. The molecule has 1 aromatic carbocycles. The van der Waals surface area contributed by atoms with Gasteiger partial charge in [0.1, 0.15) is 24.6 Å². The summed E-state index contributed by atoms with van der Waals surface area (Å²) in [4.78, 5) is 12.9. The minimum atomic E-state index is -1.14. The predicted molar refractivity (Wildman–Crippen MR) is 98.8 cm³/mol. The molecule has 0 aliphatic carbocycles. The lowest BCUT2D eigenvalue weighted by Gasteiger charge is -2.16. The molecule has 10 heteroatoms. The van der Waals surface area contributed by atoms with E-state index >= 15 is 0 Å². The van der Waals surface area contributed by atoms with Gasteiger partial charge >= 0.3 is 0 Å². The van der Waals surface area contributed by atoms with Crippen molar-refractivity contribution in [1.82, 2.24) is 19.5 Å². The number of aliphatic hydroxyl groups excluding tert-OH is 3. The highest BCUT2D eigenvalue weighted by atomic mass is 16.6. The standard InChI is InChI=1S/C18H21N5O5/c1-27-7-12-14(25)15(26)18(28-12)23-9-21-13-16(19-8-20-17(13)23)22-11-4-2-10(6-24)3-5-11/h2-5,8-9,12,14-15,18,24-26H,6-7H2,1H3,(H,19,20,22)/t12-,14?,15?,18-/m1/s1. The predicted octanol–water partition coefficient (Wildman–Crippen LogP) is 0.328. The van der Waals surface area contributed by atoms with Gasteiger partial charge in [0.2, 0.25) is 0 Å². The molecule has 0 radical (unpaired) electrons. The van der Waals surface area contributed by atoms with Crippen molar-refractivity contribution in [2.75, 3.05) is 19.0 Å². The molecule has 1 aliphatic heterocycles. The number of fused-ring (bicyclic) bond motifs is 1. The fraction of sp³-hybridized carbons (Fsp3) is 0.389. The van der Waals surface area contributed by atoms with Crippen LogP contribution in [0.25, 0.3) is 11.2 Å². The van der Waals surface area contributed by atoms with Crippen molar-refractivity contribution in [2.24, 2.45) is 0 Å². The second-order valence-corrected chi connectivity index (χ2v) is 6.53. The van der Waals surface area contributed by atoms with Crippen LogP contribution in [0.15, 0.2) is 36.9 Å². The number of nitrogens with zero attached hydrogens (tertiary/aromatic N) is 4. The summed E-state index contributed by atoms with van der Waals surface area (Å²) in [6.07, 6.45) is -0.828. The lowest BCUT2D eigenvalue weighted by molar-refractivity contribution is -0.0580. The number of aliphatic hydroxyl groups is 3. The van der Waals surface area contributed by atoms with E-state index in [1.54, 1.807) is 16.7 Å². The molecular weight excluding hydrogens is 366 g/mol. The Labute approximate surface area is 160 Å². The van der Waals surface area contributed by atoms with Crippen molar-refractivity contribution in [2.45, 2.75) is 31.1 Å². The normalized spacial score (nSPS) is 24.7. The molecule has 148 valence electrons. The number of aromatic nitrogens is 4. The molecule has 2 aromatic heterocycles. The van der Waals surface area contributed by atoms with E-state index in [1.807, 2.05) is 12.1 Å². The van der Waals surface area contributed by atoms with Crippen molar-refractivity contribution >= 4 is 22.7 Å². The Morgan fingerprint density at radius 2 is 1.93 bits per heavy atom. The summed E-state index contributed by atoms with van der Waals surface area (Å²) in [7, 11) is 1.50. The van der Waals surface area contributed by atoms with Crippen LogP contribution in [0.2, 0.25) is 0 Å². The van der Waals surface area contributed by atoms with Gasteiger partial charge in [-0.15, -0.1) is 0 Å². The summed E-state index contributed by atoms with van der Waals surface area (Å²) >= 11 is 0. The number of hydrogen-bond donors (Lipinski definition) is 4. The maximum atomic E-state index is 10.4.